The predicted molar refractivity (Wildman–Crippen MR) is 56.2 cm³/mol. The van der Waals surface area contributed by atoms with Crippen LogP contribution in [-0.4, -0.2) is 11.7 Å². The fourth-order valence-corrected chi connectivity index (χ4v) is 1.91. The van der Waals surface area contributed by atoms with E-state index < -0.39 is 11.7 Å². The van der Waals surface area contributed by atoms with Crippen LogP contribution in [0, 0.1) is 0 Å². The molecule has 0 aromatic carbocycles. The molecule has 0 aliphatic rings. The summed E-state index contributed by atoms with van der Waals surface area (Å²) in [4.78, 5) is 0. The minimum atomic E-state index is -1.38. The molecule has 2 N–H and O–H groups in total. The van der Waals surface area contributed by atoms with Crippen molar-refractivity contribution in [2.24, 2.45) is 5.73 Å². The van der Waals surface area contributed by atoms with Gasteiger partial charge in [0.15, 0.2) is 0 Å². The first-order chi connectivity index (χ1) is 5.93. The Morgan fingerprint density at radius 2 is 2.38 bits per heavy atom. The second-order valence-corrected chi connectivity index (χ2v) is 4.98. The van der Waals surface area contributed by atoms with E-state index in [1.807, 2.05) is 11.4 Å². The standard InChI is InChI=1S/C9H13ClFNS/c1-6(12)9(2,11)5-7-3-4-13-8(7)10/h3-4,6H,5,12H2,1-2H3. The van der Waals surface area contributed by atoms with E-state index >= 15 is 0 Å². The molecule has 74 valence electrons. The van der Waals surface area contributed by atoms with Gasteiger partial charge in [0.05, 0.1) is 4.34 Å². The molecule has 0 saturated heterocycles. The lowest BCUT2D eigenvalue weighted by Crippen LogP contribution is -2.41. The van der Waals surface area contributed by atoms with Crippen molar-refractivity contribution in [3.05, 3.63) is 21.3 Å². The molecule has 1 nitrogen and oxygen atoms in total. The molecule has 0 fully saturated rings. The number of nitrogens with two attached hydrogens (primary N) is 1. The molecular weight excluding hydrogens is 209 g/mol. The number of rotatable bonds is 3. The molecule has 0 bridgehead atoms. The Kier molecular flexibility index (Phi) is 3.33. The highest BCUT2D eigenvalue weighted by Crippen LogP contribution is 2.29. The third-order valence-electron chi connectivity index (χ3n) is 2.18. The third kappa shape index (κ3) is 2.66. The van der Waals surface area contributed by atoms with E-state index in [4.69, 9.17) is 17.3 Å². The number of alkyl halides is 1. The average molecular weight is 222 g/mol. The Balaban J connectivity index is 2.74. The van der Waals surface area contributed by atoms with Crippen LogP contribution in [0.15, 0.2) is 11.4 Å². The van der Waals surface area contributed by atoms with Gasteiger partial charge in [0, 0.05) is 12.5 Å². The van der Waals surface area contributed by atoms with Crippen LogP contribution < -0.4 is 5.73 Å². The van der Waals surface area contributed by atoms with Gasteiger partial charge in [0.1, 0.15) is 5.67 Å². The van der Waals surface area contributed by atoms with Gasteiger partial charge in [0.2, 0.25) is 0 Å². The first-order valence-electron chi connectivity index (χ1n) is 4.10. The average Bonchev–Trinajstić information content (AvgIpc) is 2.35. The highest BCUT2D eigenvalue weighted by Gasteiger charge is 2.29. The van der Waals surface area contributed by atoms with Gasteiger partial charge in [-0.15, -0.1) is 11.3 Å². The van der Waals surface area contributed by atoms with Crippen molar-refractivity contribution < 1.29 is 4.39 Å². The zero-order valence-corrected chi connectivity index (χ0v) is 9.25. The van der Waals surface area contributed by atoms with Crippen molar-refractivity contribution >= 4 is 22.9 Å². The highest BCUT2D eigenvalue weighted by molar-refractivity contribution is 7.14. The molecule has 4 heteroatoms. The Morgan fingerprint density at radius 1 is 1.77 bits per heavy atom. The normalized spacial score (nSPS) is 18.2. The Hall–Kier alpha value is -0.120. The molecule has 13 heavy (non-hydrogen) atoms. The maximum atomic E-state index is 13.8. The number of thiophene rings is 1. The molecule has 0 amide bonds. The zero-order valence-electron chi connectivity index (χ0n) is 7.68. The molecular formula is C9H13ClFNS. The van der Waals surface area contributed by atoms with Crippen LogP contribution in [-0.2, 0) is 6.42 Å². The maximum absolute atomic E-state index is 13.8. The summed E-state index contributed by atoms with van der Waals surface area (Å²) in [5.41, 5.74) is 4.98. The summed E-state index contributed by atoms with van der Waals surface area (Å²) in [5.74, 6) is 0. The van der Waals surface area contributed by atoms with E-state index in [-0.39, 0.29) is 6.42 Å². The van der Waals surface area contributed by atoms with Crippen LogP contribution in [0.25, 0.3) is 0 Å². The van der Waals surface area contributed by atoms with Crippen LogP contribution >= 0.6 is 22.9 Å². The first-order valence-corrected chi connectivity index (χ1v) is 5.35. The quantitative estimate of drug-likeness (QED) is 0.835. The van der Waals surface area contributed by atoms with E-state index in [0.717, 1.165) is 5.56 Å². The molecule has 0 aliphatic carbocycles. The van der Waals surface area contributed by atoms with Gasteiger partial charge in [-0.25, -0.2) is 4.39 Å². The van der Waals surface area contributed by atoms with Crippen molar-refractivity contribution in [1.29, 1.82) is 0 Å². The molecule has 2 atom stereocenters. The van der Waals surface area contributed by atoms with Crippen LogP contribution in [0.5, 0.6) is 0 Å². The largest absolute Gasteiger partial charge is 0.325 e. The topological polar surface area (TPSA) is 26.0 Å². The lowest BCUT2D eigenvalue weighted by Gasteiger charge is -2.24. The molecule has 0 spiro atoms. The minimum absolute atomic E-state index is 0.285. The fourth-order valence-electron chi connectivity index (χ4n) is 0.979. The van der Waals surface area contributed by atoms with Gasteiger partial charge in [-0.3, -0.25) is 0 Å². The Morgan fingerprint density at radius 3 is 2.77 bits per heavy atom. The lowest BCUT2D eigenvalue weighted by molar-refractivity contribution is 0.157. The smallest absolute Gasteiger partial charge is 0.127 e. The zero-order chi connectivity index (χ0) is 10.1. The van der Waals surface area contributed by atoms with Crippen molar-refractivity contribution in [2.45, 2.75) is 32.0 Å². The molecule has 1 aromatic rings. The van der Waals surface area contributed by atoms with Gasteiger partial charge in [-0.05, 0) is 30.9 Å². The second-order valence-electron chi connectivity index (χ2n) is 3.46. The second kappa shape index (κ2) is 3.95. The molecule has 1 heterocycles. The summed E-state index contributed by atoms with van der Waals surface area (Å²) >= 11 is 7.28. The van der Waals surface area contributed by atoms with Crippen LogP contribution in [0.1, 0.15) is 19.4 Å². The van der Waals surface area contributed by atoms with Crippen molar-refractivity contribution in [3.8, 4) is 0 Å². The van der Waals surface area contributed by atoms with Crippen LogP contribution in [0.4, 0.5) is 4.39 Å². The molecule has 0 radical (unpaired) electrons. The fraction of sp³-hybridized carbons (Fsp3) is 0.556. The van der Waals surface area contributed by atoms with Crippen LogP contribution in [0.3, 0.4) is 0 Å². The van der Waals surface area contributed by atoms with E-state index in [2.05, 4.69) is 0 Å². The predicted octanol–water partition coefficient (Wildman–Crippen LogP) is 3.02. The number of hydrogen-bond acceptors (Lipinski definition) is 2. The molecule has 0 aliphatic heterocycles. The van der Waals surface area contributed by atoms with Crippen molar-refractivity contribution in [1.82, 2.24) is 0 Å². The Bertz CT molecular complexity index is 283. The first kappa shape index (κ1) is 11.0. The highest BCUT2D eigenvalue weighted by atomic mass is 35.5. The summed E-state index contributed by atoms with van der Waals surface area (Å²) in [6, 6.07) is 1.36. The van der Waals surface area contributed by atoms with E-state index in [1.54, 1.807) is 6.92 Å². The molecule has 1 rings (SSSR count). The third-order valence-corrected chi connectivity index (χ3v) is 3.43. The van der Waals surface area contributed by atoms with Crippen LogP contribution in [0.2, 0.25) is 4.34 Å². The summed E-state index contributed by atoms with van der Waals surface area (Å²) in [6.45, 7) is 3.17. The van der Waals surface area contributed by atoms with Gasteiger partial charge in [-0.2, -0.15) is 0 Å². The van der Waals surface area contributed by atoms with Gasteiger partial charge in [-0.1, -0.05) is 11.6 Å². The summed E-state index contributed by atoms with van der Waals surface area (Å²) in [6.07, 6.45) is 0.285. The number of halogens is 2. The van der Waals surface area contributed by atoms with Gasteiger partial charge in [0.25, 0.3) is 0 Å². The minimum Gasteiger partial charge on any atom is -0.325 e. The van der Waals surface area contributed by atoms with Crippen molar-refractivity contribution in [2.75, 3.05) is 0 Å². The summed E-state index contributed by atoms with van der Waals surface area (Å²) in [5, 5.41) is 1.86. The monoisotopic (exact) mass is 221 g/mol. The number of hydrogen-bond donors (Lipinski definition) is 1. The van der Waals surface area contributed by atoms with E-state index in [0.29, 0.717) is 4.34 Å². The summed E-state index contributed by atoms with van der Waals surface area (Å²) in [7, 11) is 0. The summed E-state index contributed by atoms with van der Waals surface area (Å²) < 4.78 is 14.4. The maximum Gasteiger partial charge on any atom is 0.127 e. The van der Waals surface area contributed by atoms with Gasteiger partial charge >= 0.3 is 0 Å². The molecule has 2 unspecified atom stereocenters. The lowest BCUT2D eigenvalue weighted by atomic mass is 9.94. The van der Waals surface area contributed by atoms with E-state index in [9.17, 15) is 4.39 Å². The Labute approximate surface area is 86.7 Å². The van der Waals surface area contributed by atoms with Crippen molar-refractivity contribution in [3.63, 3.8) is 0 Å². The SMILES string of the molecule is CC(N)C(C)(F)Cc1ccsc1Cl. The van der Waals surface area contributed by atoms with E-state index in [1.165, 1.54) is 18.3 Å². The van der Waals surface area contributed by atoms with Gasteiger partial charge < -0.3 is 5.73 Å². The molecule has 1 aromatic heterocycles. The molecule has 0 saturated carbocycles.